The highest BCUT2D eigenvalue weighted by molar-refractivity contribution is 5.89. The van der Waals surface area contributed by atoms with Gasteiger partial charge in [-0.2, -0.15) is 0 Å². The molecule has 1 heterocycles. The molecule has 164 valence electrons. The molecule has 0 aliphatic rings. The van der Waals surface area contributed by atoms with Crippen LogP contribution in [0, 0.1) is 6.92 Å². The predicted molar refractivity (Wildman–Crippen MR) is 125 cm³/mol. The summed E-state index contributed by atoms with van der Waals surface area (Å²) in [4.78, 5) is 34.9. The Labute approximate surface area is 183 Å². The number of urea groups is 1. The van der Waals surface area contributed by atoms with E-state index in [1.165, 1.54) is 0 Å². The minimum absolute atomic E-state index is 0.106. The Hall–Kier alpha value is -3.19. The largest absolute Gasteiger partial charge is 0.322 e. The van der Waals surface area contributed by atoms with Crippen molar-refractivity contribution in [2.45, 2.75) is 26.3 Å². The Morgan fingerprint density at radius 1 is 1.13 bits per heavy atom. The van der Waals surface area contributed by atoms with E-state index < -0.39 is 0 Å². The number of fused-ring (bicyclic) bond motifs is 1. The van der Waals surface area contributed by atoms with Gasteiger partial charge in [0, 0.05) is 25.8 Å². The third-order valence-corrected chi connectivity index (χ3v) is 5.40. The zero-order chi connectivity index (χ0) is 22.5. The Morgan fingerprint density at radius 3 is 2.55 bits per heavy atom. The van der Waals surface area contributed by atoms with Crippen LogP contribution in [0.1, 0.15) is 30.8 Å². The number of carbonyl (C=O) groups is 1. The van der Waals surface area contributed by atoms with Crippen LogP contribution < -0.4 is 10.9 Å². The fraction of sp³-hybridized carbons (Fsp3) is 0.375. The summed E-state index contributed by atoms with van der Waals surface area (Å²) in [7, 11) is 5.67. The topological polar surface area (TPSA) is 70.5 Å². The van der Waals surface area contributed by atoms with Gasteiger partial charge in [-0.15, -0.1) is 0 Å². The normalized spacial score (nSPS) is 12.2. The SMILES string of the molecule is CCC(c1nc2ccccc2c(=O)n1C)N(CCN(C)C)C(=O)Nc1cccc(C)c1. The van der Waals surface area contributed by atoms with E-state index in [1.54, 1.807) is 22.6 Å². The van der Waals surface area contributed by atoms with E-state index in [0.717, 1.165) is 11.3 Å². The maximum absolute atomic E-state index is 13.4. The Bertz CT molecular complexity index is 1120. The zero-order valence-electron chi connectivity index (χ0n) is 18.9. The average molecular weight is 422 g/mol. The van der Waals surface area contributed by atoms with E-state index in [-0.39, 0.29) is 17.6 Å². The van der Waals surface area contributed by atoms with Crippen molar-refractivity contribution >= 4 is 22.6 Å². The number of benzene rings is 2. The number of amides is 2. The van der Waals surface area contributed by atoms with Crippen molar-refractivity contribution in [1.82, 2.24) is 19.4 Å². The van der Waals surface area contributed by atoms with Crippen LogP contribution in [0.15, 0.2) is 53.3 Å². The molecule has 1 unspecified atom stereocenters. The molecule has 0 aliphatic heterocycles. The quantitative estimate of drug-likeness (QED) is 0.630. The third kappa shape index (κ3) is 5.11. The van der Waals surface area contributed by atoms with Crippen LogP contribution in [0.5, 0.6) is 0 Å². The van der Waals surface area contributed by atoms with Gasteiger partial charge >= 0.3 is 6.03 Å². The minimum atomic E-state index is -0.341. The van der Waals surface area contributed by atoms with Gasteiger partial charge in [0.15, 0.2) is 0 Å². The summed E-state index contributed by atoms with van der Waals surface area (Å²) in [6.45, 7) is 5.20. The van der Waals surface area contributed by atoms with E-state index in [0.29, 0.717) is 36.2 Å². The number of nitrogens with one attached hydrogen (secondary N) is 1. The van der Waals surface area contributed by atoms with E-state index in [2.05, 4.69) is 5.32 Å². The molecule has 0 radical (unpaired) electrons. The predicted octanol–water partition coefficient (Wildman–Crippen LogP) is 3.79. The maximum atomic E-state index is 13.4. The zero-order valence-corrected chi connectivity index (χ0v) is 18.9. The average Bonchev–Trinajstić information content (AvgIpc) is 2.74. The lowest BCUT2D eigenvalue weighted by Crippen LogP contribution is -2.43. The molecule has 3 aromatic rings. The van der Waals surface area contributed by atoms with Crippen LogP contribution in [0.3, 0.4) is 0 Å². The van der Waals surface area contributed by atoms with Gasteiger partial charge in [0.2, 0.25) is 0 Å². The number of nitrogens with zero attached hydrogens (tertiary/aromatic N) is 4. The number of rotatable bonds is 7. The van der Waals surface area contributed by atoms with Gasteiger partial charge in [-0.3, -0.25) is 9.36 Å². The van der Waals surface area contributed by atoms with Crippen LogP contribution in [0.2, 0.25) is 0 Å². The van der Waals surface area contributed by atoms with Crippen molar-refractivity contribution in [2.24, 2.45) is 7.05 Å². The van der Waals surface area contributed by atoms with Crippen molar-refractivity contribution in [2.75, 3.05) is 32.5 Å². The number of carbonyl (C=O) groups excluding carboxylic acids is 1. The number of aromatic nitrogens is 2. The first kappa shape index (κ1) is 22.5. The molecule has 0 spiro atoms. The molecule has 7 heteroatoms. The molecule has 0 fully saturated rings. The molecule has 3 rings (SSSR count). The molecule has 31 heavy (non-hydrogen) atoms. The number of likely N-dealkylation sites (N-methyl/N-ethyl adjacent to an activating group) is 1. The second-order valence-electron chi connectivity index (χ2n) is 8.07. The smallest absolute Gasteiger partial charge is 0.313 e. The highest BCUT2D eigenvalue weighted by Gasteiger charge is 2.28. The Morgan fingerprint density at radius 2 is 1.87 bits per heavy atom. The fourth-order valence-corrected chi connectivity index (χ4v) is 3.70. The minimum Gasteiger partial charge on any atom is -0.313 e. The first-order chi connectivity index (χ1) is 14.8. The van der Waals surface area contributed by atoms with E-state index in [4.69, 9.17) is 4.98 Å². The first-order valence-corrected chi connectivity index (χ1v) is 10.6. The number of anilines is 1. The lowest BCUT2D eigenvalue weighted by molar-refractivity contribution is 0.172. The molecule has 0 saturated carbocycles. The molecule has 0 aliphatic carbocycles. The van der Waals surface area contributed by atoms with Crippen molar-refractivity contribution in [3.63, 3.8) is 0 Å². The Kier molecular flexibility index (Phi) is 7.07. The van der Waals surface area contributed by atoms with Crippen molar-refractivity contribution in [3.05, 3.63) is 70.3 Å². The molecule has 0 saturated heterocycles. The molecule has 2 aromatic carbocycles. The monoisotopic (exact) mass is 421 g/mol. The van der Waals surface area contributed by atoms with Gasteiger partial charge in [0.25, 0.3) is 5.56 Å². The third-order valence-electron chi connectivity index (χ3n) is 5.40. The summed E-state index contributed by atoms with van der Waals surface area (Å²) in [5.74, 6) is 0.587. The standard InChI is InChI=1S/C24H31N5O2/c1-6-21(22-26-20-13-8-7-12-19(20)23(30)28(22)5)29(15-14-27(3)4)24(31)25-18-11-9-10-17(2)16-18/h7-13,16,21H,6,14-15H2,1-5H3,(H,25,31). The maximum Gasteiger partial charge on any atom is 0.322 e. The second kappa shape index (κ2) is 9.75. The van der Waals surface area contributed by atoms with Gasteiger partial charge in [0.05, 0.1) is 16.9 Å². The summed E-state index contributed by atoms with van der Waals surface area (Å²) in [6.07, 6.45) is 0.632. The number of hydrogen-bond acceptors (Lipinski definition) is 4. The molecule has 1 aromatic heterocycles. The lowest BCUT2D eigenvalue weighted by atomic mass is 10.1. The molecule has 1 N–H and O–H groups in total. The number of para-hydroxylation sites is 1. The summed E-state index contributed by atoms with van der Waals surface area (Å²) in [6, 6.07) is 14.5. The van der Waals surface area contributed by atoms with Gasteiger partial charge in [-0.25, -0.2) is 9.78 Å². The van der Waals surface area contributed by atoms with Gasteiger partial charge in [0.1, 0.15) is 5.82 Å². The van der Waals surface area contributed by atoms with Crippen LogP contribution in [0.25, 0.3) is 10.9 Å². The fourth-order valence-electron chi connectivity index (χ4n) is 3.70. The summed E-state index contributed by atoms with van der Waals surface area (Å²) in [5, 5.41) is 3.59. The summed E-state index contributed by atoms with van der Waals surface area (Å²) >= 11 is 0. The molecular weight excluding hydrogens is 390 g/mol. The number of aryl methyl sites for hydroxylation is 1. The van der Waals surface area contributed by atoms with Crippen LogP contribution in [-0.2, 0) is 7.05 Å². The molecule has 0 bridgehead atoms. The highest BCUT2D eigenvalue weighted by atomic mass is 16.2. The van der Waals surface area contributed by atoms with E-state index in [9.17, 15) is 9.59 Å². The van der Waals surface area contributed by atoms with Gasteiger partial charge in [-0.05, 0) is 57.3 Å². The molecule has 7 nitrogen and oxygen atoms in total. The van der Waals surface area contributed by atoms with Gasteiger partial charge < -0.3 is 15.1 Å². The van der Waals surface area contributed by atoms with Gasteiger partial charge in [-0.1, -0.05) is 31.2 Å². The van der Waals surface area contributed by atoms with Crippen molar-refractivity contribution in [1.29, 1.82) is 0 Å². The van der Waals surface area contributed by atoms with Crippen LogP contribution in [0.4, 0.5) is 10.5 Å². The molecule has 1 atom stereocenters. The van der Waals surface area contributed by atoms with Crippen LogP contribution >= 0.6 is 0 Å². The summed E-state index contributed by atoms with van der Waals surface area (Å²) < 4.78 is 1.57. The molecular formula is C24H31N5O2. The van der Waals surface area contributed by atoms with Crippen LogP contribution in [-0.4, -0.2) is 52.6 Å². The van der Waals surface area contributed by atoms with E-state index >= 15 is 0 Å². The number of hydrogen-bond donors (Lipinski definition) is 1. The molecule has 2 amide bonds. The van der Waals surface area contributed by atoms with Crippen molar-refractivity contribution < 1.29 is 4.79 Å². The summed E-state index contributed by atoms with van der Waals surface area (Å²) in [5.41, 5.74) is 2.36. The first-order valence-electron chi connectivity index (χ1n) is 10.6. The highest BCUT2D eigenvalue weighted by Crippen LogP contribution is 2.24. The second-order valence-corrected chi connectivity index (χ2v) is 8.07. The van der Waals surface area contributed by atoms with E-state index in [1.807, 2.05) is 75.3 Å². The van der Waals surface area contributed by atoms with Crippen molar-refractivity contribution in [3.8, 4) is 0 Å². The Balaban J connectivity index is 2.02. The lowest BCUT2D eigenvalue weighted by Gasteiger charge is -2.32.